The zero-order valence-electron chi connectivity index (χ0n) is 12.7. The van der Waals surface area contributed by atoms with Crippen molar-refractivity contribution in [3.05, 3.63) is 72.9 Å². The van der Waals surface area contributed by atoms with Crippen molar-refractivity contribution in [3.63, 3.8) is 0 Å². The second kappa shape index (κ2) is 6.32. The van der Waals surface area contributed by atoms with Crippen LogP contribution in [0.1, 0.15) is 5.56 Å². The van der Waals surface area contributed by atoms with Gasteiger partial charge in [-0.2, -0.15) is 0 Å². The SMILES string of the molecule is C=C(C(=O)Nc1cccc2cccnc12)c1ccc(OC)cc1. The Bertz CT molecular complexity index is 865. The van der Waals surface area contributed by atoms with Crippen LogP contribution in [0.25, 0.3) is 16.5 Å². The minimum absolute atomic E-state index is 0.256. The van der Waals surface area contributed by atoms with Crippen LogP contribution >= 0.6 is 0 Å². The first-order valence-electron chi connectivity index (χ1n) is 7.17. The number of nitrogens with one attached hydrogen (secondary N) is 1. The number of methoxy groups -OCH3 is 1. The Morgan fingerprint density at radius 1 is 1.09 bits per heavy atom. The molecule has 0 radical (unpaired) electrons. The molecule has 3 aromatic rings. The van der Waals surface area contributed by atoms with E-state index in [1.807, 2.05) is 42.5 Å². The maximum Gasteiger partial charge on any atom is 0.255 e. The molecule has 2 aromatic carbocycles. The molecule has 4 heteroatoms. The van der Waals surface area contributed by atoms with Gasteiger partial charge in [0.05, 0.1) is 18.3 Å². The van der Waals surface area contributed by atoms with Crippen molar-refractivity contribution in [1.82, 2.24) is 4.98 Å². The van der Waals surface area contributed by atoms with Crippen molar-refractivity contribution in [2.24, 2.45) is 0 Å². The van der Waals surface area contributed by atoms with E-state index in [0.29, 0.717) is 11.3 Å². The third-order valence-corrected chi connectivity index (χ3v) is 3.59. The number of hydrogen-bond acceptors (Lipinski definition) is 3. The van der Waals surface area contributed by atoms with E-state index in [9.17, 15) is 4.79 Å². The van der Waals surface area contributed by atoms with Crippen LogP contribution in [0.15, 0.2) is 67.4 Å². The summed E-state index contributed by atoms with van der Waals surface area (Å²) < 4.78 is 5.11. The summed E-state index contributed by atoms with van der Waals surface area (Å²) in [6, 6.07) is 16.7. The summed E-state index contributed by atoms with van der Waals surface area (Å²) >= 11 is 0. The van der Waals surface area contributed by atoms with Crippen molar-refractivity contribution < 1.29 is 9.53 Å². The van der Waals surface area contributed by atoms with Gasteiger partial charge in [-0.1, -0.05) is 36.9 Å². The van der Waals surface area contributed by atoms with Crippen LogP contribution in [0.2, 0.25) is 0 Å². The van der Waals surface area contributed by atoms with Gasteiger partial charge >= 0.3 is 0 Å². The Morgan fingerprint density at radius 2 is 1.83 bits per heavy atom. The summed E-state index contributed by atoms with van der Waals surface area (Å²) in [5, 5.41) is 3.85. The molecule has 23 heavy (non-hydrogen) atoms. The zero-order chi connectivity index (χ0) is 16.2. The third-order valence-electron chi connectivity index (χ3n) is 3.59. The highest BCUT2D eigenvalue weighted by Gasteiger charge is 2.12. The number of rotatable bonds is 4. The van der Waals surface area contributed by atoms with Crippen LogP contribution in [-0.4, -0.2) is 18.0 Å². The fourth-order valence-electron chi connectivity index (χ4n) is 2.33. The average molecular weight is 304 g/mol. The second-order valence-corrected chi connectivity index (χ2v) is 5.04. The van der Waals surface area contributed by atoms with Crippen molar-refractivity contribution in [2.75, 3.05) is 12.4 Å². The number of benzene rings is 2. The van der Waals surface area contributed by atoms with Crippen LogP contribution in [-0.2, 0) is 4.79 Å². The molecule has 0 fully saturated rings. The van der Waals surface area contributed by atoms with Crippen LogP contribution in [0.4, 0.5) is 5.69 Å². The molecule has 1 heterocycles. The molecular formula is C19H16N2O2. The van der Waals surface area contributed by atoms with Crippen molar-refractivity contribution in [2.45, 2.75) is 0 Å². The highest BCUT2D eigenvalue weighted by Crippen LogP contribution is 2.23. The number of fused-ring (bicyclic) bond motifs is 1. The molecule has 0 saturated carbocycles. The first-order valence-corrected chi connectivity index (χ1v) is 7.17. The molecule has 0 bridgehead atoms. The monoisotopic (exact) mass is 304 g/mol. The largest absolute Gasteiger partial charge is 0.497 e. The molecule has 0 spiro atoms. The fraction of sp³-hybridized carbons (Fsp3) is 0.0526. The molecule has 0 atom stereocenters. The summed E-state index contributed by atoms with van der Waals surface area (Å²) in [4.78, 5) is 16.8. The van der Waals surface area contributed by atoms with Crippen LogP contribution in [0.3, 0.4) is 0 Å². The molecule has 0 saturated heterocycles. The zero-order valence-corrected chi connectivity index (χ0v) is 12.7. The molecule has 1 N–H and O–H groups in total. The van der Waals surface area contributed by atoms with Gasteiger partial charge in [0, 0.05) is 17.2 Å². The number of para-hydroxylation sites is 1. The van der Waals surface area contributed by atoms with E-state index < -0.39 is 0 Å². The molecule has 0 aliphatic carbocycles. The lowest BCUT2D eigenvalue weighted by atomic mass is 10.1. The number of carbonyl (C=O) groups excluding carboxylic acids is 1. The van der Waals surface area contributed by atoms with Crippen LogP contribution < -0.4 is 10.1 Å². The predicted octanol–water partition coefficient (Wildman–Crippen LogP) is 3.90. The molecule has 114 valence electrons. The molecule has 3 rings (SSSR count). The first kappa shape index (κ1) is 14.8. The molecule has 0 aliphatic heterocycles. The Balaban J connectivity index is 1.83. The highest BCUT2D eigenvalue weighted by molar-refractivity contribution is 6.25. The highest BCUT2D eigenvalue weighted by atomic mass is 16.5. The molecule has 1 aromatic heterocycles. The lowest BCUT2D eigenvalue weighted by Crippen LogP contribution is -2.13. The summed E-state index contributed by atoms with van der Waals surface area (Å²) in [6.07, 6.45) is 1.70. The summed E-state index contributed by atoms with van der Waals surface area (Å²) in [6.45, 7) is 3.88. The molecule has 0 aliphatic rings. The number of ether oxygens (including phenoxy) is 1. The van der Waals surface area contributed by atoms with Crippen molar-refractivity contribution in [1.29, 1.82) is 0 Å². The third kappa shape index (κ3) is 3.06. The Morgan fingerprint density at radius 3 is 2.57 bits per heavy atom. The topological polar surface area (TPSA) is 51.2 Å². The fourth-order valence-corrected chi connectivity index (χ4v) is 2.33. The van der Waals surface area contributed by atoms with E-state index in [0.717, 1.165) is 22.2 Å². The van der Waals surface area contributed by atoms with E-state index in [1.54, 1.807) is 25.4 Å². The minimum atomic E-state index is -0.256. The number of carbonyl (C=O) groups is 1. The van der Waals surface area contributed by atoms with Gasteiger partial charge in [-0.15, -0.1) is 0 Å². The van der Waals surface area contributed by atoms with Gasteiger partial charge < -0.3 is 10.1 Å². The van der Waals surface area contributed by atoms with E-state index >= 15 is 0 Å². The Labute approximate surface area is 134 Å². The van der Waals surface area contributed by atoms with Gasteiger partial charge in [0.25, 0.3) is 5.91 Å². The first-order chi connectivity index (χ1) is 11.2. The Hall–Kier alpha value is -3.14. The normalized spacial score (nSPS) is 10.3. The molecular weight excluding hydrogens is 288 g/mol. The second-order valence-electron chi connectivity index (χ2n) is 5.04. The van der Waals surface area contributed by atoms with E-state index in [2.05, 4.69) is 16.9 Å². The van der Waals surface area contributed by atoms with Crippen LogP contribution in [0.5, 0.6) is 5.75 Å². The number of nitrogens with zero attached hydrogens (tertiary/aromatic N) is 1. The van der Waals surface area contributed by atoms with Gasteiger partial charge in [-0.3, -0.25) is 9.78 Å². The van der Waals surface area contributed by atoms with Gasteiger partial charge in [0.1, 0.15) is 5.75 Å². The van der Waals surface area contributed by atoms with E-state index in [4.69, 9.17) is 4.74 Å². The minimum Gasteiger partial charge on any atom is -0.497 e. The number of hydrogen-bond donors (Lipinski definition) is 1. The summed E-state index contributed by atoms with van der Waals surface area (Å²) in [5.41, 5.74) is 2.56. The number of pyridine rings is 1. The molecule has 0 unspecified atom stereocenters. The van der Waals surface area contributed by atoms with Gasteiger partial charge in [0.15, 0.2) is 0 Å². The lowest BCUT2D eigenvalue weighted by Gasteiger charge is -2.10. The number of anilines is 1. The maximum absolute atomic E-state index is 12.4. The van der Waals surface area contributed by atoms with Gasteiger partial charge in [0.2, 0.25) is 0 Å². The van der Waals surface area contributed by atoms with E-state index in [-0.39, 0.29) is 5.91 Å². The van der Waals surface area contributed by atoms with Gasteiger partial charge in [-0.25, -0.2) is 0 Å². The predicted molar refractivity (Wildman–Crippen MR) is 92.4 cm³/mol. The summed E-state index contributed by atoms with van der Waals surface area (Å²) in [5.74, 6) is 0.480. The van der Waals surface area contributed by atoms with Crippen LogP contribution in [0, 0.1) is 0 Å². The summed E-state index contributed by atoms with van der Waals surface area (Å²) in [7, 11) is 1.60. The quantitative estimate of drug-likeness (QED) is 0.744. The van der Waals surface area contributed by atoms with Gasteiger partial charge in [-0.05, 0) is 29.8 Å². The standard InChI is InChI=1S/C19H16N2O2/c1-13(14-8-10-16(23-2)11-9-14)19(22)21-17-7-3-5-15-6-4-12-20-18(15)17/h3-12H,1H2,2H3,(H,21,22). The van der Waals surface area contributed by atoms with E-state index in [1.165, 1.54) is 0 Å². The number of aromatic nitrogens is 1. The lowest BCUT2D eigenvalue weighted by molar-refractivity contribution is -0.111. The molecule has 4 nitrogen and oxygen atoms in total. The Kier molecular flexibility index (Phi) is 4.06. The van der Waals surface area contributed by atoms with Crippen molar-refractivity contribution >= 4 is 28.1 Å². The average Bonchev–Trinajstić information content (AvgIpc) is 2.61. The number of amides is 1. The molecule has 1 amide bonds. The maximum atomic E-state index is 12.4. The van der Waals surface area contributed by atoms with Crippen molar-refractivity contribution in [3.8, 4) is 5.75 Å². The smallest absolute Gasteiger partial charge is 0.255 e.